The smallest absolute Gasteiger partial charge is 0.272 e. The van der Waals surface area contributed by atoms with E-state index in [0.717, 1.165) is 19.2 Å². The Morgan fingerprint density at radius 2 is 1.89 bits per heavy atom. The van der Waals surface area contributed by atoms with Gasteiger partial charge in [-0.15, -0.1) is 0 Å². The number of morpholine rings is 1. The molecule has 2 fully saturated rings. The Labute approximate surface area is 213 Å². The van der Waals surface area contributed by atoms with Crippen molar-refractivity contribution >= 4 is 35.0 Å². The Morgan fingerprint density at radius 1 is 1.17 bits per heavy atom. The van der Waals surface area contributed by atoms with Gasteiger partial charge in [0.05, 0.1) is 30.3 Å². The first-order valence-corrected chi connectivity index (χ1v) is 12.4. The molecule has 0 atom stereocenters. The van der Waals surface area contributed by atoms with E-state index in [1.54, 1.807) is 4.57 Å². The predicted molar refractivity (Wildman–Crippen MR) is 131 cm³/mol. The summed E-state index contributed by atoms with van der Waals surface area (Å²) < 4.78 is 20.2. The summed E-state index contributed by atoms with van der Waals surface area (Å²) >= 11 is 6.01. The van der Waals surface area contributed by atoms with Gasteiger partial charge in [-0.3, -0.25) is 19.3 Å². The largest absolute Gasteiger partial charge is 0.379 e. The number of imidazole rings is 1. The lowest BCUT2D eigenvalue weighted by Gasteiger charge is -2.29. The Morgan fingerprint density at radius 3 is 2.56 bits per heavy atom. The minimum absolute atomic E-state index is 0.00953. The van der Waals surface area contributed by atoms with E-state index in [1.807, 2.05) is 0 Å². The van der Waals surface area contributed by atoms with Crippen molar-refractivity contribution in [2.24, 2.45) is 11.7 Å². The van der Waals surface area contributed by atoms with E-state index in [-0.39, 0.29) is 34.3 Å². The molecule has 194 valence electrons. The Hall–Kier alpha value is -3.02. The van der Waals surface area contributed by atoms with Gasteiger partial charge in [-0.2, -0.15) is 0 Å². The van der Waals surface area contributed by atoms with Crippen LogP contribution < -0.4 is 16.4 Å². The summed E-state index contributed by atoms with van der Waals surface area (Å²) in [7, 11) is 0. The van der Waals surface area contributed by atoms with Gasteiger partial charge in [-0.25, -0.2) is 9.37 Å². The maximum atomic E-state index is 13.3. The number of nitrogens with one attached hydrogen (secondary N) is 2. The van der Waals surface area contributed by atoms with Crippen molar-refractivity contribution in [3.8, 4) is 0 Å². The third kappa shape index (κ3) is 6.21. The molecular formula is C24H30ClFN6O4. The van der Waals surface area contributed by atoms with E-state index < -0.39 is 17.6 Å². The van der Waals surface area contributed by atoms with Crippen LogP contribution in [0.3, 0.4) is 0 Å². The normalized spacial score (nSPS) is 20.6. The van der Waals surface area contributed by atoms with Crippen molar-refractivity contribution in [3.63, 3.8) is 0 Å². The highest BCUT2D eigenvalue weighted by molar-refractivity contribution is 6.33. The van der Waals surface area contributed by atoms with Crippen LogP contribution in [0.15, 0.2) is 24.5 Å². The molecule has 4 N–H and O–H groups in total. The summed E-state index contributed by atoms with van der Waals surface area (Å²) in [5.41, 5.74) is 6.08. The van der Waals surface area contributed by atoms with Crippen molar-refractivity contribution in [3.05, 3.63) is 46.8 Å². The Balaban J connectivity index is 1.34. The number of halogens is 2. The third-order valence-corrected chi connectivity index (χ3v) is 7.02. The maximum absolute atomic E-state index is 13.3. The number of hydrogen-bond donors (Lipinski definition) is 3. The van der Waals surface area contributed by atoms with Crippen LogP contribution in [0.25, 0.3) is 0 Å². The number of anilines is 1. The Bertz CT molecular complexity index is 1110. The molecule has 12 heteroatoms. The molecular weight excluding hydrogens is 491 g/mol. The summed E-state index contributed by atoms with van der Waals surface area (Å²) in [6, 6.07) is 3.70. The van der Waals surface area contributed by atoms with E-state index in [1.165, 1.54) is 18.5 Å². The van der Waals surface area contributed by atoms with Gasteiger partial charge >= 0.3 is 0 Å². The fraction of sp³-hybridized carbons (Fsp3) is 0.500. The number of aromatic nitrogens is 2. The SMILES string of the molecule is NC(=O)c1c(C(=O)NCCN2CCOCC2)ncn1[C@H]1CC[C@H](C(=O)Nc2ccc(F)cc2Cl)CC1. The van der Waals surface area contributed by atoms with E-state index in [2.05, 4.69) is 20.5 Å². The van der Waals surface area contributed by atoms with Crippen molar-refractivity contribution < 1.29 is 23.5 Å². The fourth-order valence-electron chi connectivity index (χ4n) is 4.73. The van der Waals surface area contributed by atoms with Crippen LogP contribution in [-0.4, -0.2) is 71.6 Å². The Kier molecular flexibility index (Phi) is 8.55. The number of amides is 3. The monoisotopic (exact) mass is 520 g/mol. The number of rotatable bonds is 8. The average molecular weight is 521 g/mol. The molecule has 0 radical (unpaired) electrons. The standard InChI is InChI=1S/C24H30ClFN6O4/c25-18-13-16(26)3-6-19(18)30-23(34)15-1-4-17(5-2-15)32-14-29-20(21(32)22(27)33)24(35)28-7-8-31-9-11-36-12-10-31/h3,6,13-15,17H,1-2,4-5,7-12H2,(H2,27,33)(H,28,35)(H,30,34)/t15-,17-. The molecule has 1 aliphatic carbocycles. The lowest BCUT2D eigenvalue weighted by Crippen LogP contribution is -2.41. The first-order valence-electron chi connectivity index (χ1n) is 12.0. The van der Waals surface area contributed by atoms with Crippen molar-refractivity contribution in [2.75, 3.05) is 44.7 Å². The molecule has 0 bridgehead atoms. The molecule has 0 spiro atoms. The summed E-state index contributed by atoms with van der Waals surface area (Å²) in [6.45, 7) is 4.07. The van der Waals surface area contributed by atoms with Crippen LogP contribution in [0.1, 0.15) is 52.7 Å². The maximum Gasteiger partial charge on any atom is 0.272 e. The van der Waals surface area contributed by atoms with Crippen LogP contribution in [-0.2, 0) is 9.53 Å². The number of benzene rings is 1. The summed E-state index contributed by atoms with van der Waals surface area (Å²) in [5.74, 6) is -2.10. The highest BCUT2D eigenvalue weighted by Gasteiger charge is 2.31. The van der Waals surface area contributed by atoms with Gasteiger partial charge in [0.1, 0.15) is 11.5 Å². The second-order valence-electron chi connectivity index (χ2n) is 9.04. The van der Waals surface area contributed by atoms with Crippen molar-refractivity contribution in [1.29, 1.82) is 0 Å². The molecule has 0 unspecified atom stereocenters. The van der Waals surface area contributed by atoms with Crippen LogP contribution in [0, 0.1) is 11.7 Å². The van der Waals surface area contributed by atoms with Gasteiger partial charge in [0.15, 0.2) is 5.69 Å². The minimum atomic E-state index is -0.725. The molecule has 1 aliphatic heterocycles. The molecule has 1 saturated heterocycles. The molecule has 1 aromatic carbocycles. The number of carbonyl (C=O) groups is 3. The van der Waals surface area contributed by atoms with Gasteiger partial charge in [0.25, 0.3) is 11.8 Å². The first kappa shape index (κ1) is 26.1. The molecule has 4 rings (SSSR count). The highest BCUT2D eigenvalue weighted by atomic mass is 35.5. The zero-order valence-corrected chi connectivity index (χ0v) is 20.6. The molecule has 1 saturated carbocycles. The number of carbonyl (C=O) groups excluding carboxylic acids is 3. The van der Waals surface area contributed by atoms with Crippen LogP contribution in [0.2, 0.25) is 5.02 Å². The predicted octanol–water partition coefficient (Wildman–Crippen LogP) is 2.21. The average Bonchev–Trinajstić information content (AvgIpc) is 3.32. The molecule has 2 aliphatic rings. The quantitative estimate of drug-likeness (QED) is 0.489. The van der Waals surface area contributed by atoms with Crippen LogP contribution in [0.5, 0.6) is 0 Å². The number of nitrogens with zero attached hydrogens (tertiary/aromatic N) is 3. The third-order valence-electron chi connectivity index (χ3n) is 6.71. The molecule has 3 amide bonds. The number of nitrogens with two attached hydrogens (primary N) is 1. The van der Waals surface area contributed by atoms with Crippen molar-refractivity contribution in [2.45, 2.75) is 31.7 Å². The topological polar surface area (TPSA) is 132 Å². The van der Waals surface area contributed by atoms with Crippen molar-refractivity contribution in [1.82, 2.24) is 19.8 Å². The first-order chi connectivity index (χ1) is 17.3. The molecule has 1 aromatic heterocycles. The summed E-state index contributed by atoms with van der Waals surface area (Å²) in [6.07, 6.45) is 3.80. The number of hydrogen-bond acceptors (Lipinski definition) is 6. The lowest BCUT2D eigenvalue weighted by molar-refractivity contribution is -0.121. The highest BCUT2D eigenvalue weighted by Crippen LogP contribution is 2.34. The summed E-state index contributed by atoms with van der Waals surface area (Å²) in [5, 5.41) is 5.71. The molecule has 2 aromatic rings. The molecule has 36 heavy (non-hydrogen) atoms. The zero-order chi connectivity index (χ0) is 25.7. The zero-order valence-electron chi connectivity index (χ0n) is 19.8. The van der Waals surface area contributed by atoms with Gasteiger partial charge < -0.3 is 25.7 Å². The van der Waals surface area contributed by atoms with Gasteiger partial charge in [0, 0.05) is 38.1 Å². The number of primary amides is 1. The van der Waals surface area contributed by atoms with Crippen LogP contribution in [0.4, 0.5) is 10.1 Å². The van der Waals surface area contributed by atoms with E-state index >= 15 is 0 Å². The lowest BCUT2D eigenvalue weighted by atomic mass is 9.85. The molecule has 10 nitrogen and oxygen atoms in total. The van der Waals surface area contributed by atoms with Gasteiger partial charge in [-0.1, -0.05) is 11.6 Å². The number of ether oxygens (including phenoxy) is 1. The van der Waals surface area contributed by atoms with Gasteiger partial charge in [0.2, 0.25) is 5.91 Å². The second kappa shape index (κ2) is 11.8. The fourth-order valence-corrected chi connectivity index (χ4v) is 4.94. The van der Waals surface area contributed by atoms with E-state index in [4.69, 9.17) is 22.1 Å². The minimum Gasteiger partial charge on any atom is -0.379 e. The molecule has 2 heterocycles. The van der Waals surface area contributed by atoms with E-state index in [0.29, 0.717) is 57.7 Å². The van der Waals surface area contributed by atoms with Crippen LogP contribution >= 0.6 is 11.6 Å². The van der Waals surface area contributed by atoms with E-state index in [9.17, 15) is 18.8 Å². The van der Waals surface area contributed by atoms with Gasteiger partial charge in [-0.05, 0) is 43.9 Å². The second-order valence-corrected chi connectivity index (χ2v) is 9.45. The summed E-state index contributed by atoms with van der Waals surface area (Å²) in [4.78, 5) is 44.1.